The molecule has 0 spiro atoms. The predicted octanol–water partition coefficient (Wildman–Crippen LogP) is 4.79. The molecule has 0 aromatic heterocycles. The van der Waals surface area contributed by atoms with Crippen LogP contribution >= 0.6 is 23.2 Å². The maximum Gasteiger partial charge on any atom is 0.216 e. The number of sulfonamides is 1. The van der Waals surface area contributed by atoms with Gasteiger partial charge >= 0.3 is 0 Å². The van der Waals surface area contributed by atoms with Gasteiger partial charge in [0.25, 0.3) is 0 Å². The molecule has 0 aliphatic carbocycles. The number of rotatable bonds is 5. The second-order valence-electron chi connectivity index (χ2n) is 5.71. The molecule has 0 saturated carbocycles. The monoisotopic (exact) mass is 371 g/mol. The molecule has 0 aliphatic heterocycles. The van der Waals surface area contributed by atoms with Gasteiger partial charge in [-0.3, -0.25) is 0 Å². The Labute approximate surface area is 147 Å². The minimum absolute atomic E-state index is 0.140. The van der Waals surface area contributed by atoms with E-state index in [1.807, 2.05) is 39.0 Å². The summed E-state index contributed by atoms with van der Waals surface area (Å²) in [4.78, 5) is 0. The molecule has 2 aromatic carbocycles. The number of benzene rings is 2. The first-order valence-corrected chi connectivity index (χ1v) is 9.60. The van der Waals surface area contributed by atoms with Crippen LogP contribution in [0.1, 0.15) is 35.2 Å². The highest BCUT2D eigenvalue weighted by Crippen LogP contribution is 2.24. The van der Waals surface area contributed by atoms with Crippen molar-refractivity contribution in [2.45, 2.75) is 32.6 Å². The van der Waals surface area contributed by atoms with Crippen molar-refractivity contribution in [2.75, 3.05) is 0 Å². The smallest absolute Gasteiger partial charge is 0.212 e. The maximum atomic E-state index is 12.4. The van der Waals surface area contributed by atoms with E-state index < -0.39 is 10.0 Å². The van der Waals surface area contributed by atoms with Crippen LogP contribution in [-0.2, 0) is 15.8 Å². The molecular weight excluding hydrogens is 353 g/mol. The van der Waals surface area contributed by atoms with E-state index in [1.165, 1.54) is 0 Å². The molecule has 2 aromatic rings. The fourth-order valence-electron chi connectivity index (χ4n) is 2.45. The third-order valence-electron chi connectivity index (χ3n) is 3.60. The Hall–Kier alpha value is -1.07. The third kappa shape index (κ3) is 4.95. The first-order valence-electron chi connectivity index (χ1n) is 7.19. The second-order valence-corrected chi connectivity index (χ2v) is 8.28. The first-order chi connectivity index (χ1) is 10.7. The Morgan fingerprint density at radius 3 is 2.39 bits per heavy atom. The zero-order chi connectivity index (χ0) is 17.2. The van der Waals surface area contributed by atoms with E-state index >= 15 is 0 Å². The van der Waals surface area contributed by atoms with Gasteiger partial charge < -0.3 is 0 Å². The number of hydrogen-bond donors (Lipinski definition) is 1. The molecule has 0 bridgehead atoms. The lowest BCUT2D eigenvalue weighted by atomic mass is 10.0. The van der Waals surface area contributed by atoms with Gasteiger partial charge in [0, 0.05) is 6.04 Å². The molecule has 2 rings (SSSR count). The first kappa shape index (κ1) is 18.3. The van der Waals surface area contributed by atoms with Gasteiger partial charge in [0.05, 0.1) is 15.8 Å². The summed E-state index contributed by atoms with van der Waals surface area (Å²) in [5.41, 5.74) is 3.73. The summed E-state index contributed by atoms with van der Waals surface area (Å²) < 4.78 is 27.5. The predicted molar refractivity (Wildman–Crippen MR) is 96.6 cm³/mol. The molecular formula is C17H19Cl2NO2S. The van der Waals surface area contributed by atoms with Crippen molar-refractivity contribution >= 4 is 33.2 Å². The van der Waals surface area contributed by atoms with Gasteiger partial charge in [-0.25, -0.2) is 13.1 Å². The fraction of sp³-hybridized carbons (Fsp3) is 0.294. The second kappa shape index (κ2) is 7.22. The molecule has 3 nitrogen and oxygen atoms in total. The van der Waals surface area contributed by atoms with Gasteiger partial charge in [-0.2, -0.15) is 0 Å². The highest BCUT2D eigenvalue weighted by Gasteiger charge is 2.18. The topological polar surface area (TPSA) is 46.2 Å². The molecule has 0 radical (unpaired) electrons. The Bertz CT molecular complexity index is 819. The lowest BCUT2D eigenvalue weighted by Gasteiger charge is -2.17. The lowest BCUT2D eigenvalue weighted by Crippen LogP contribution is -2.28. The molecule has 0 amide bonds. The zero-order valence-electron chi connectivity index (χ0n) is 13.2. The van der Waals surface area contributed by atoms with E-state index in [-0.39, 0.29) is 11.8 Å². The van der Waals surface area contributed by atoms with Crippen LogP contribution in [0.5, 0.6) is 0 Å². The third-order valence-corrected chi connectivity index (χ3v) is 5.76. The summed E-state index contributed by atoms with van der Waals surface area (Å²) in [6.07, 6.45) is 0. The van der Waals surface area contributed by atoms with E-state index in [1.54, 1.807) is 18.2 Å². The van der Waals surface area contributed by atoms with Gasteiger partial charge in [-0.1, -0.05) is 53.0 Å². The molecule has 6 heteroatoms. The highest BCUT2D eigenvalue weighted by molar-refractivity contribution is 7.88. The van der Waals surface area contributed by atoms with Crippen molar-refractivity contribution in [3.8, 4) is 0 Å². The van der Waals surface area contributed by atoms with Crippen molar-refractivity contribution in [3.63, 3.8) is 0 Å². The number of aryl methyl sites for hydroxylation is 2. The average Bonchev–Trinajstić information content (AvgIpc) is 2.44. The van der Waals surface area contributed by atoms with Crippen LogP contribution in [0.15, 0.2) is 36.4 Å². The zero-order valence-corrected chi connectivity index (χ0v) is 15.6. The fourth-order valence-corrected chi connectivity index (χ4v) is 4.14. The van der Waals surface area contributed by atoms with Crippen LogP contribution in [0.25, 0.3) is 0 Å². The van der Waals surface area contributed by atoms with Gasteiger partial charge in [0.1, 0.15) is 0 Å². The van der Waals surface area contributed by atoms with Gasteiger partial charge in [0.2, 0.25) is 10.0 Å². The summed E-state index contributed by atoms with van der Waals surface area (Å²) in [6, 6.07) is 10.5. The van der Waals surface area contributed by atoms with Crippen molar-refractivity contribution in [2.24, 2.45) is 0 Å². The van der Waals surface area contributed by atoms with E-state index in [0.717, 1.165) is 16.7 Å². The van der Waals surface area contributed by atoms with Crippen molar-refractivity contribution in [1.82, 2.24) is 4.72 Å². The summed E-state index contributed by atoms with van der Waals surface area (Å²) in [5.74, 6) is -0.140. The SMILES string of the molecule is Cc1ccc(C)c([C@H](C)NS(=O)(=O)Cc2ccc(Cl)c(Cl)c2)c1. The molecule has 1 atom stereocenters. The highest BCUT2D eigenvalue weighted by atomic mass is 35.5. The maximum absolute atomic E-state index is 12.4. The normalized spacial score (nSPS) is 13.1. The van der Waals surface area contributed by atoms with Crippen LogP contribution < -0.4 is 4.72 Å². The van der Waals surface area contributed by atoms with E-state index in [4.69, 9.17) is 23.2 Å². The van der Waals surface area contributed by atoms with Gasteiger partial charge in [-0.15, -0.1) is 0 Å². The lowest BCUT2D eigenvalue weighted by molar-refractivity contribution is 0.565. The molecule has 0 heterocycles. The summed E-state index contributed by atoms with van der Waals surface area (Å²) in [7, 11) is -3.49. The molecule has 0 aliphatic rings. The molecule has 0 saturated heterocycles. The van der Waals surface area contributed by atoms with E-state index in [0.29, 0.717) is 15.6 Å². The molecule has 0 fully saturated rings. The minimum Gasteiger partial charge on any atom is -0.212 e. The van der Waals surface area contributed by atoms with E-state index in [2.05, 4.69) is 4.72 Å². The standard InChI is InChI=1S/C17H19Cl2NO2S/c1-11-4-5-12(2)15(8-11)13(3)20-23(21,22)10-14-6-7-16(18)17(19)9-14/h4-9,13,20H,10H2,1-3H3/t13-/m0/s1. The van der Waals surface area contributed by atoms with Crippen LogP contribution in [0.2, 0.25) is 10.0 Å². The molecule has 124 valence electrons. The number of hydrogen-bond acceptors (Lipinski definition) is 2. The summed E-state index contributed by atoms with van der Waals surface area (Å²) >= 11 is 11.8. The Kier molecular flexibility index (Phi) is 5.74. The molecule has 23 heavy (non-hydrogen) atoms. The van der Waals surface area contributed by atoms with Crippen LogP contribution in [0.4, 0.5) is 0 Å². The number of nitrogens with one attached hydrogen (secondary N) is 1. The van der Waals surface area contributed by atoms with E-state index in [9.17, 15) is 8.42 Å². The molecule has 0 unspecified atom stereocenters. The van der Waals surface area contributed by atoms with Crippen LogP contribution in [0, 0.1) is 13.8 Å². The Balaban J connectivity index is 2.17. The number of halogens is 2. The van der Waals surface area contributed by atoms with Gasteiger partial charge in [-0.05, 0) is 49.6 Å². The quantitative estimate of drug-likeness (QED) is 0.820. The largest absolute Gasteiger partial charge is 0.216 e. The summed E-state index contributed by atoms with van der Waals surface area (Å²) in [5, 5.41) is 0.756. The van der Waals surface area contributed by atoms with Crippen molar-refractivity contribution < 1.29 is 8.42 Å². The van der Waals surface area contributed by atoms with Crippen molar-refractivity contribution in [1.29, 1.82) is 0 Å². The van der Waals surface area contributed by atoms with Crippen LogP contribution in [-0.4, -0.2) is 8.42 Å². The summed E-state index contributed by atoms with van der Waals surface area (Å²) in [6.45, 7) is 5.80. The van der Waals surface area contributed by atoms with Crippen LogP contribution in [0.3, 0.4) is 0 Å². The molecule has 1 N–H and O–H groups in total. The van der Waals surface area contributed by atoms with Gasteiger partial charge in [0.15, 0.2) is 0 Å². The van der Waals surface area contributed by atoms with Crippen molar-refractivity contribution in [3.05, 3.63) is 68.7 Å². The average molecular weight is 372 g/mol. The Morgan fingerprint density at radius 2 is 1.74 bits per heavy atom. The Morgan fingerprint density at radius 1 is 1.04 bits per heavy atom. The minimum atomic E-state index is -3.49.